The van der Waals surface area contributed by atoms with Crippen LogP contribution < -0.4 is 15.6 Å². The Morgan fingerprint density at radius 3 is 2.81 bits per heavy atom. The van der Waals surface area contributed by atoms with E-state index in [0.29, 0.717) is 6.61 Å². The van der Waals surface area contributed by atoms with Gasteiger partial charge in [0, 0.05) is 6.42 Å². The molecule has 0 amide bonds. The van der Waals surface area contributed by atoms with Gasteiger partial charge in [0.05, 0.1) is 58.0 Å². The molecule has 0 radical (unpaired) electrons. The van der Waals surface area contributed by atoms with Gasteiger partial charge in [0.2, 0.25) is 0 Å². The van der Waals surface area contributed by atoms with E-state index < -0.39 is 0 Å². The monoisotopic (exact) mass is 436 g/mol. The Balaban J connectivity index is 1.58. The van der Waals surface area contributed by atoms with Gasteiger partial charge in [-0.05, 0) is 31.5 Å². The molecule has 0 saturated carbocycles. The van der Waals surface area contributed by atoms with Gasteiger partial charge in [-0.25, -0.2) is 9.97 Å². The first-order chi connectivity index (χ1) is 15.0. The fourth-order valence-corrected chi connectivity index (χ4v) is 5.79. The van der Waals surface area contributed by atoms with Crippen molar-refractivity contribution in [3.05, 3.63) is 35.4 Å². The first kappa shape index (κ1) is 19.0. The third kappa shape index (κ3) is 3.09. The fourth-order valence-electron chi connectivity index (χ4n) is 4.70. The van der Waals surface area contributed by atoms with Crippen LogP contribution in [0.3, 0.4) is 0 Å². The largest absolute Gasteiger partial charge is 0.397 e. The highest BCUT2D eigenvalue weighted by atomic mass is 32.1. The van der Waals surface area contributed by atoms with Crippen molar-refractivity contribution in [1.82, 2.24) is 9.97 Å². The molecule has 0 unspecified atom stereocenters. The van der Waals surface area contributed by atoms with Gasteiger partial charge in [-0.3, -0.25) is 4.90 Å². The maximum atomic E-state index is 6.79. The number of anilines is 2. The summed E-state index contributed by atoms with van der Waals surface area (Å²) in [7, 11) is 0. The molecule has 160 valence electrons. The highest BCUT2D eigenvalue weighted by molar-refractivity contribution is 7.22. The number of ether oxygens (including phenoxy) is 2. The first-order valence-corrected chi connectivity index (χ1v) is 11.5. The molecule has 1 aromatic carbocycles. The van der Waals surface area contributed by atoms with E-state index in [1.54, 1.807) is 11.3 Å². The molecule has 1 fully saturated rings. The maximum absolute atomic E-state index is 6.79. The number of nitrogen functional groups attached to an aromatic ring is 1. The normalized spacial score (nSPS) is 18.6. The quantitative estimate of drug-likeness (QED) is 0.502. The van der Waals surface area contributed by atoms with E-state index in [0.717, 1.165) is 76.2 Å². The van der Waals surface area contributed by atoms with Gasteiger partial charge in [0.25, 0.3) is 5.82 Å². The van der Waals surface area contributed by atoms with Gasteiger partial charge in [-0.15, -0.1) is 0 Å². The van der Waals surface area contributed by atoms with Crippen LogP contribution >= 0.6 is 11.3 Å². The Morgan fingerprint density at radius 1 is 1.19 bits per heavy atom. The van der Waals surface area contributed by atoms with Crippen LogP contribution in [0.25, 0.3) is 32.0 Å². The Hall–Kier alpha value is -2.68. The summed E-state index contributed by atoms with van der Waals surface area (Å²) in [4.78, 5) is 16.4. The minimum atomic E-state index is -0.225. The second-order valence-corrected chi connectivity index (χ2v) is 9.93. The zero-order valence-corrected chi connectivity index (χ0v) is 18.6. The van der Waals surface area contributed by atoms with Gasteiger partial charge < -0.3 is 20.2 Å². The van der Waals surface area contributed by atoms with E-state index in [1.807, 2.05) is 24.3 Å². The number of hydrogen-bond acceptors (Lipinski definition) is 6. The summed E-state index contributed by atoms with van der Waals surface area (Å²) in [5, 5.41) is 1.11. The summed E-state index contributed by atoms with van der Waals surface area (Å²) in [5.74, 6) is 1.96. The molecule has 0 bridgehead atoms. The number of thiophene rings is 1. The zero-order chi connectivity index (χ0) is 21.2. The molecule has 7 nitrogen and oxygen atoms in total. The van der Waals surface area contributed by atoms with Gasteiger partial charge in [0.1, 0.15) is 13.1 Å². The lowest BCUT2D eigenvalue weighted by Gasteiger charge is -2.33. The maximum Gasteiger partial charge on any atom is 0.281 e. The van der Waals surface area contributed by atoms with E-state index >= 15 is 0 Å². The van der Waals surface area contributed by atoms with Gasteiger partial charge in [-0.1, -0.05) is 23.5 Å². The Morgan fingerprint density at radius 2 is 2.00 bits per heavy atom. The molecule has 31 heavy (non-hydrogen) atoms. The number of imidazole rings is 1. The number of fused-ring (bicyclic) bond motifs is 4. The molecule has 0 spiro atoms. The lowest BCUT2D eigenvalue weighted by atomic mass is 9.89. The Bertz CT molecular complexity index is 1270. The average Bonchev–Trinajstić information content (AvgIpc) is 3.34. The number of hydrogen-bond donors (Lipinski definition) is 2. The van der Waals surface area contributed by atoms with Gasteiger partial charge in [-0.2, -0.15) is 0 Å². The average molecular weight is 437 g/mol. The number of aromatic nitrogens is 3. The lowest BCUT2D eigenvalue weighted by molar-refractivity contribution is -0.329. The van der Waals surface area contributed by atoms with Crippen LogP contribution in [-0.4, -0.2) is 41.9 Å². The second-order valence-electron chi connectivity index (χ2n) is 8.91. The van der Waals surface area contributed by atoms with Crippen LogP contribution in [0, 0.1) is 0 Å². The predicted octanol–water partition coefficient (Wildman–Crippen LogP) is 3.53. The lowest BCUT2D eigenvalue weighted by Crippen LogP contribution is -2.42. The second kappa shape index (κ2) is 6.91. The summed E-state index contributed by atoms with van der Waals surface area (Å²) in [5.41, 5.74) is 11.8. The van der Waals surface area contributed by atoms with Crippen LogP contribution in [0.15, 0.2) is 24.3 Å². The van der Waals surface area contributed by atoms with E-state index in [4.69, 9.17) is 20.2 Å². The molecule has 8 heteroatoms. The molecule has 2 aliphatic heterocycles. The number of nitrogens with zero attached hydrogens (tertiary/aromatic N) is 2. The highest BCUT2D eigenvalue weighted by Crippen LogP contribution is 2.45. The number of rotatable bonds is 2. The van der Waals surface area contributed by atoms with Crippen molar-refractivity contribution in [1.29, 1.82) is 0 Å². The van der Waals surface area contributed by atoms with Crippen molar-refractivity contribution < 1.29 is 14.5 Å². The summed E-state index contributed by atoms with van der Waals surface area (Å²) < 4.78 is 11.8. The molecule has 0 atom stereocenters. The van der Waals surface area contributed by atoms with Crippen molar-refractivity contribution in [3.8, 4) is 10.7 Å². The summed E-state index contributed by atoms with van der Waals surface area (Å²) >= 11 is 1.67. The van der Waals surface area contributed by atoms with E-state index in [2.05, 4.69) is 28.7 Å². The number of nitrogens with one attached hydrogen (secondary N) is 2. The molecule has 6 rings (SSSR count). The molecule has 4 N–H and O–H groups in total. The molecular formula is C23H26N5O2S+. The number of benzene rings is 1. The van der Waals surface area contributed by atoms with Crippen LogP contribution in [0.2, 0.25) is 0 Å². The molecule has 0 aliphatic carbocycles. The SMILES string of the molecule is CC1(C)Cc2c(c(N3CCOCC3)[nH+]c3sc(-c4nc5ccccc5[nH]4)c(N)c23)CO1. The molecular weight excluding hydrogens is 410 g/mol. The number of morpholine rings is 1. The number of pyridine rings is 1. The summed E-state index contributed by atoms with van der Waals surface area (Å²) in [6.07, 6.45) is 0.825. The molecule has 4 aromatic rings. The zero-order valence-electron chi connectivity index (χ0n) is 17.7. The van der Waals surface area contributed by atoms with Crippen molar-refractivity contribution in [2.45, 2.75) is 32.5 Å². The third-order valence-electron chi connectivity index (χ3n) is 6.27. The first-order valence-electron chi connectivity index (χ1n) is 10.7. The Kier molecular flexibility index (Phi) is 4.25. The number of para-hydroxylation sites is 2. The summed E-state index contributed by atoms with van der Waals surface area (Å²) in [6, 6.07) is 8.07. The Labute approximate surface area is 184 Å². The fraction of sp³-hybridized carbons (Fsp3) is 0.391. The van der Waals surface area contributed by atoms with Crippen LogP contribution in [0.4, 0.5) is 11.5 Å². The van der Waals surface area contributed by atoms with Crippen LogP contribution in [-0.2, 0) is 22.5 Å². The molecule has 5 heterocycles. The standard InChI is InChI=1S/C23H25N5O2S/c1-23(2)11-13-14(12-30-23)21(28-7-9-29-10-8-28)27-22-17(13)18(24)19(31-22)20-25-15-5-3-4-6-16(15)26-20/h3-6H,7-12,24H2,1-2H3,(H,25,26)/p+1. The number of aromatic amines is 2. The molecule has 1 saturated heterocycles. The van der Waals surface area contributed by atoms with Crippen molar-refractivity contribution in [3.63, 3.8) is 0 Å². The van der Waals surface area contributed by atoms with Crippen molar-refractivity contribution >= 4 is 44.1 Å². The predicted molar refractivity (Wildman–Crippen MR) is 123 cm³/mol. The smallest absolute Gasteiger partial charge is 0.281 e. The van der Waals surface area contributed by atoms with E-state index in [-0.39, 0.29) is 5.60 Å². The van der Waals surface area contributed by atoms with Gasteiger partial charge >= 0.3 is 0 Å². The minimum absolute atomic E-state index is 0.225. The van der Waals surface area contributed by atoms with E-state index in [1.165, 1.54) is 11.1 Å². The number of nitrogens with two attached hydrogens (primary N) is 1. The third-order valence-corrected chi connectivity index (χ3v) is 7.40. The molecule has 2 aliphatic rings. The molecule has 3 aromatic heterocycles. The van der Waals surface area contributed by atoms with Gasteiger partial charge in [0.15, 0.2) is 10.7 Å². The van der Waals surface area contributed by atoms with Crippen LogP contribution in [0.5, 0.6) is 0 Å². The highest BCUT2D eigenvalue weighted by Gasteiger charge is 2.36. The topological polar surface area (TPSA) is 90.5 Å². The number of H-pyrrole nitrogens is 2. The minimum Gasteiger partial charge on any atom is -0.397 e. The van der Waals surface area contributed by atoms with Crippen LogP contribution in [0.1, 0.15) is 25.0 Å². The van der Waals surface area contributed by atoms with Crippen molar-refractivity contribution in [2.75, 3.05) is 36.9 Å². The van der Waals surface area contributed by atoms with Crippen molar-refractivity contribution in [2.24, 2.45) is 0 Å². The summed E-state index contributed by atoms with van der Waals surface area (Å²) in [6.45, 7) is 8.10. The van der Waals surface area contributed by atoms with E-state index in [9.17, 15) is 0 Å².